The summed E-state index contributed by atoms with van der Waals surface area (Å²) in [6.07, 6.45) is 6.45. The highest BCUT2D eigenvalue weighted by Gasteiger charge is 2.19. The van der Waals surface area contributed by atoms with Gasteiger partial charge < -0.3 is 15.0 Å². The maximum atomic E-state index is 11.7. The minimum atomic E-state index is 0.0702. The van der Waals surface area contributed by atoms with Gasteiger partial charge in [0, 0.05) is 39.1 Å². The van der Waals surface area contributed by atoms with Crippen LogP contribution in [0.4, 0.5) is 0 Å². The van der Waals surface area contributed by atoms with Gasteiger partial charge in [0.25, 0.3) is 0 Å². The van der Waals surface area contributed by atoms with E-state index < -0.39 is 0 Å². The minimum absolute atomic E-state index is 0.0702. The van der Waals surface area contributed by atoms with Crippen molar-refractivity contribution in [2.24, 2.45) is 0 Å². The lowest BCUT2D eigenvalue weighted by Crippen LogP contribution is -2.35. The Morgan fingerprint density at radius 2 is 2.26 bits per heavy atom. The molecule has 2 saturated heterocycles. The Morgan fingerprint density at radius 3 is 2.95 bits per heavy atom. The number of carbonyl (C=O) groups is 2. The van der Waals surface area contributed by atoms with Crippen LogP contribution in [0, 0.1) is 0 Å². The zero-order valence-corrected chi connectivity index (χ0v) is 11.5. The van der Waals surface area contributed by atoms with Gasteiger partial charge in [-0.3, -0.25) is 9.59 Å². The number of amides is 2. The Balaban J connectivity index is 1.53. The van der Waals surface area contributed by atoms with Gasteiger partial charge in [0.15, 0.2) is 0 Å². The summed E-state index contributed by atoms with van der Waals surface area (Å²) >= 11 is 0. The Kier molecular flexibility index (Phi) is 5.63. The molecule has 2 aliphatic rings. The van der Waals surface area contributed by atoms with Crippen molar-refractivity contribution in [1.82, 2.24) is 10.2 Å². The molecule has 0 aromatic carbocycles. The van der Waals surface area contributed by atoms with Crippen LogP contribution in [-0.2, 0) is 14.3 Å². The summed E-state index contributed by atoms with van der Waals surface area (Å²) < 4.78 is 5.56. The third kappa shape index (κ3) is 4.82. The summed E-state index contributed by atoms with van der Waals surface area (Å²) in [6.45, 7) is 3.02. The normalized spacial score (nSPS) is 23.7. The molecule has 0 aliphatic carbocycles. The van der Waals surface area contributed by atoms with Gasteiger partial charge in [-0.25, -0.2) is 0 Å². The van der Waals surface area contributed by atoms with Gasteiger partial charge in [0.05, 0.1) is 6.10 Å². The first-order valence-electron chi connectivity index (χ1n) is 7.42. The van der Waals surface area contributed by atoms with Crippen LogP contribution in [-0.4, -0.2) is 49.1 Å². The van der Waals surface area contributed by atoms with E-state index in [9.17, 15) is 9.59 Å². The predicted molar refractivity (Wildman–Crippen MR) is 71.6 cm³/mol. The summed E-state index contributed by atoms with van der Waals surface area (Å²) in [7, 11) is 0. The Labute approximate surface area is 114 Å². The molecule has 108 valence electrons. The molecule has 2 rings (SSSR count). The summed E-state index contributed by atoms with van der Waals surface area (Å²) in [5, 5.41) is 2.92. The Morgan fingerprint density at radius 1 is 1.37 bits per heavy atom. The summed E-state index contributed by atoms with van der Waals surface area (Å²) in [5.74, 6) is 0.303. The molecule has 0 spiro atoms. The highest BCUT2D eigenvalue weighted by Crippen LogP contribution is 2.12. The van der Waals surface area contributed by atoms with Crippen LogP contribution >= 0.6 is 0 Å². The molecule has 2 fully saturated rings. The SMILES string of the molecule is O=C(CCCN1CCCC1=O)NCC1CCCCO1. The number of ether oxygens (including phenoxy) is 1. The fraction of sp³-hybridized carbons (Fsp3) is 0.857. The van der Waals surface area contributed by atoms with Crippen LogP contribution in [0.5, 0.6) is 0 Å². The smallest absolute Gasteiger partial charge is 0.222 e. The van der Waals surface area contributed by atoms with Gasteiger partial charge >= 0.3 is 0 Å². The third-order valence-corrected chi connectivity index (χ3v) is 3.80. The molecule has 1 atom stereocenters. The molecule has 2 amide bonds. The average Bonchev–Trinajstić information content (AvgIpc) is 2.83. The fourth-order valence-electron chi connectivity index (χ4n) is 2.66. The average molecular weight is 268 g/mol. The van der Waals surface area contributed by atoms with Crippen molar-refractivity contribution in [3.63, 3.8) is 0 Å². The number of nitrogens with zero attached hydrogens (tertiary/aromatic N) is 1. The van der Waals surface area contributed by atoms with Crippen molar-refractivity contribution < 1.29 is 14.3 Å². The third-order valence-electron chi connectivity index (χ3n) is 3.80. The fourth-order valence-corrected chi connectivity index (χ4v) is 2.66. The number of nitrogens with one attached hydrogen (secondary N) is 1. The van der Waals surface area contributed by atoms with Crippen LogP contribution < -0.4 is 5.32 Å². The van der Waals surface area contributed by atoms with Gasteiger partial charge in [-0.15, -0.1) is 0 Å². The molecule has 5 nitrogen and oxygen atoms in total. The van der Waals surface area contributed by atoms with Crippen LogP contribution in [0.1, 0.15) is 44.9 Å². The molecular weight excluding hydrogens is 244 g/mol. The molecule has 2 aliphatic heterocycles. The maximum Gasteiger partial charge on any atom is 0.222 e. The molecule has 1 N–H and O–H groups in total. The van der Waals surface area contributed by atoms with Crippen LogP contribution in [0.3, 0.4) is 0 Å². The molecule has 0 radical (unpaired) electrons. The largest absolute Gasteiger partial charge is 0.376 e. The highest BCUT2D eigenvalue weighted by molar-refractivity contribution is 5.78. The molecule has 0 saturated carbocycles. The highest BCUT2D eigenvalue weighted by atomic mass is 16.5. The van der Waals surface area contributed by atoms with Crippen molar-refractivity contribution in [3.05, 3.63) is 0 Å². The zero-order valence-electron chi connectivity index (χ0n) is 11.5. The first-order valence-corrected chi connectivity index (χ1v) is 7.42. The van der Waals surface area contributed by atoms with Crippen molar-refractivity contribution >= 4 is 11.8 Å². The molecule has 0 bridgehead atoms. The van der Waals surface area contributed by atoms with Crippen molar-refractivity contribution in [2.45, 2.75) is 51.0 Å². The van der Waals surface area contributed by atoms with E-state index in [4.69, 9.17) is 4.74 Å². The summed E-state index contributed by atoms with van der Waals surface area (Å²) in [4.78, 5) is 24.9. The van der Waals surface area contributed by atoms with Crippen LogP contribution in [0.2, 0.25) is 0 Å². The van der Waals surface area contributed by atoms with Crippen LogP contribution in [0.25, 0.3) is 0 Å². The van der Waals surface area contributed by atoms with Gasteiger partial charge in [-0.2, -0.15) is 0 Å². The van der Waals surface area contributed by atoms with Crippen molar-refractivity contribution in [2.75, 3.05) is 26.2 Å². The minimum Gasteiger partial charge on any atom is -0.376 e. The second kappa shape index (κ2) is 7.48. The van der Waals surface area contributed by atoms with E-state index in [1.54, 1.807) is 0 Å². The number of hydrogen-bond donors (Lipinski definition) is 1. The molecule has 1 unspecified atom stereocenters. The first kappa shape index (κ1) is 14.3. The number of rotatable bonds is 6. The van der Waals surface area contributed by atoms with E-state index in [-0.39, 0.29) is 17.9 Å². The van der Waals surface area contributed by atoms with Crippen molar-refractivity contribution in [3.8, 4) is 0 Å². The zero-order chi connectivity index (χ0) is 13.5. The van der Waals surface area contributed by atoms with Gasteiger partial charge in [0.2, 0.25) is 11.8 Å². The second-order valence-electron chi connectivity index (χ2n) is 5.38. The van der Waals surface area contributed by atoms with E-state index in [1.165, 1.54) is 6.42 Å². The predicted octanol–water partition coefficient (Wildman–Crippen LogP) is 1.07. The van der Waals surface area contributed by atoms with Crippen LogP contribution in [0.15, 0.2) is 0 Å². The Hall–Kier alpha value is -1.10. The quantitative estimate of drug-likeness (QED) is 0.784. The van der Waals surface area contributed by atoms with E-state index >= 15 is 0 Å². The number of carbonyl (C=O) groups excluding carboxylic acids is 2. The molecular formula is C14H24N2O3. The van der Waals surface area contributed by atoms with E-state index in [2.05, 4.69) is 5.32 Å². The first-order chi connectivity index (χ1) is 9.25. The number of hydrogen-bond acceptors (Lipinski definition) is 3. The molecule has 19 heavy (non-hydrogen) atoms. The lowest BCUT2D eigenvalue weighted by molar-refractivity contribution is -0.128. The monoisotopic (exact) mass is 268 g/mol. The molecule has 0 aromatic rings. The van der Waals surface area contributed by atoms with E-state index in [0.717, 1.165) is 38.8 Å². The van der Waals surface area contributed by atoms with E-state index in [1.807, 2.05) is 4.90 Å². The summed E-state index contributed by atoms with van der Waals surface area (Å²) in [5.41, 5.74) is 0. The van der Waals surface area contributed by atoms with Gasteiger partial charge in [0.1, 0.15) is 0 Å². The molecule has 0 aromatic heterocycles. The Bertz CT molecular complexity index is 314. The van der Waals surface area contributed by atoms with Crippen molar-refractivity contribution in [1.29, 1.82) is 0 Å². The standard InChI is InChI=1S/C14H24N2O3/c17-13(15-11-12-5-1-2-10-19-12)6-3-8-16-9-4-7-14(16)18/h12H,1-11H2,(H,15,17). The van der Waals surface area contributed by atoms with E-state index in [0.29, 0.717) is 25.9 Å². The number of likely N-dealkylation sites (tertiary alicyclic amines) is 1. The lowest BCUT2D eigenvalue weighted by Gasteiger charge is -2.22. The second-order valence-corrected chi connectivity index (χ2v) is 5.38. The topological polar surface area (TPSA) is 58.6 Å². The van der Waals surface area contributed by atoms with Gasteiger partial charge in [-0.05, 0) is 32.1 Å². The lowest BCUT2D eigenvalue weighted by atomic mass is 10.1. The molecule has 5 heteroatoms. The molecule has 2 heterocycles. The summed E-state index contributed by atoms with van der Waals surface area (Å²) in [6, 6.07) is 0. The van der Waals surface area contributed by atoms with Gasteiger partial charge in [-0.1, -0.05) is 0 Å². The maximum absolute atomic E-state index is 11.7.